The number of hydrogen-bond acceptors (Lipinski definition) is 5. The van der Waals surface area contributed by atoms with E-state index in [1.54, 1.807) is 4.68 Å². The second-order valence-electron chi connectivity index (χ2n) is 6.91. The summed E-state index contributed by atoms with van der Waals surface area (Å²) in [5, 5.41) is 11.5. The molecule has 8 heteroatoms. The molecule has 2 aromatic rings. The van der Waals surface area contributed by atoms with E-state index in [1.165, 1.54) is 0 Å². The van der Waals surface area contributed by atoms with Gasteiger partial charge < -0.3 is 14.5 Å². The van der Waals surface area contributed by atoms with Crippen molar-refractivity contribution in [3.8, 4) is 0 Å². The maximum absolute atomic E-state index is 13.0. The van der Waals surface area contributed by atoms with Gasteiger partial charge in [-0.05, 0) is 13.8 Å². The van der Waals surface area contributed by atoms with Crippen molar-refractivity contribution in [1.29, 1.82) is 0 Å². The van der Waals surface area contributed by atoms with Crippen LogP contribution in [-0.4, -0.2) is 63.1 Å². The van der Waals surface area contributed by atoms with E-state index in [0.29, 0.717) is 18.8 Å². The first kappa shape index (κ1) is 16.1. The van der Waals surface area contributed by atoms with Crippen molar-refractivity contribution in [2.45, 2.75) is 32.5 Å². The van der Waals surface area contributed by atoms with Crippen LogP contribution in [0.25, 0.3) is 0 Å². The number of piperazine rings is 1. The summed E-state index contributed by atoms with van der Waals surface area (Å²) in [6.45, 7) is 7.02. The van der Waals surface area contributed by atoms with E-state index in [-0.39, 0.29) is 18.1 Å². The van der Waals surface area contributed by atoms with Gasteiger partial charge in [-0.1, -0.05) is 0 Å². The minimum absolute atomic E-state index is 0.0182. The zero-order valence-corrected chi connectivity index (χ0v) is 14.9. The molecule has 134 valence electrons. The predicted octanol–water partition coefficient (Wildman–Crippen LogP) is 1.13. The number of nitrogens with zero attached hydrogens (tertiary/aromatic N) is 5. The summed E-state index contributed by atoms with van der Waals surface area (Å²) in [4.78, 5) is 17.1. The normalized spacial score (nSPS) is 23.6. The van der Waals surface area contributed by atoms with Crippen molar-refractivity contribution in [1.82, 2.24) is 24.9 Å². The van der Waals surface area contributed by atoms with Crippen LogP contribution in [0.3, 0.4) is 0 Å². The van der Waals surface area contributed by atoms with Crippen molar-refractivity contribution in [2.24, 2.45) is 7.05 Å². The van der Waals surface area contributed by atoms with Gasteiger partial charge in [-0.2, -0.15) is 10.2 Å². The number of aromatic nitrogens is 4. The van der Waals surface area contributed by atoms with E-state index in [9.17, 15) is 4.79 Å². The fourth-order valence-electron chi connectivity index (χ4n) is 3.74. The van der Waals surface area contributed by atoms with Crippen LogP contribution in [0.15, 0.2) is 12.4 Å². The summed E-state index contributed by atoms with van der Waals surface area (Å²) in [5.41, 5.74) is 3.62. The molecule has 2 aliphatic rings. The van der Waals surface area contributed by atoms with E-state index >= 15 is 0 Å². The molecule has 2 aromatic heterocycles. The number of nitrogens with one attached hydrogen (secondary N) is 1. The number of carbonyl (C=O) groups is 1. The van der Waals surface area contributed by atoms with Crippen LogP contribution in [-0.2, 0) is 18.2 Å². The third kappa shape index (κ3) is 2.90. The Kier molecular flexibility index (Phi) is 3.99. The van der Waals surface area contributed by atoms with Crippen molar-refractivity contribution in [3.63, 3.8) is 0 Å². The molecular weight excluding hydrogens is 320 g/mol. The molecule has 0 bridgehead atoms. The molecule has 4 heterocycles. The third-order valence-corrected chi connectivity index (χ3v) is 5.06. The van der Waals surface area contributed by atoms with E-state index in [4.69, 9.17) is 4.74 Å². The van der Waals surface area contributed by atoms with Gasteiger partial charge in [0.25, 0.3) is 5.91 Å². The Labute approximate surface area is 146 Å². The highest BCUT2D eigenvalue weighted by Gasteiger charge is 2.32. The minimum Gasteiger partial charge on any atom is -0.369 e. The Morgan fingerprint density at radius 3 is 2.72 bits per heavy atom. The van der Waals surface area contributed by atoms with E-state index in [1.807, 2.05) is 38.2 Å². The van der Waals surface area contributed by atoms with Crippen LogP contribution in [0.1, 0.15) is 41.7 Å². The number of ether oxygens (including phenoxy) is 1. The molecule has 1 fully saturated rings. The molecule has 4 rings (SSSR count). The number of aryl methyl sites for hydroxylation is 1. The summed E-state index contributed by atoms with van der Waals surface area (Å²) < 4.78 is 7.60. The standard InChI is InChI=1S/C17H24N6O2/c1-11-8-14-15(12(2)25-11)19-20-16(14)17(24)23-6-4-22(5-7-23)13-9-18-21(3)10-13/h9-12H,4-8H2,1-3H3,(H,19,20)/t11-,12+/m1/s1. The van der Waals surface area contributed by atoms with Gasteiger partial charge >= 0.3 is 0 Å². The molecule has 25 heavy (non-hydrogen) atoms. The first-order valence-electron chi connectivity index (χ1n) is 8.78. The predicted molar refractivity (Wildman–Crippen MR) is 92.6 cm³/mol. The number of fused-ring (bicyclic) bond motifs is 1. The quantitative estimate of drug-likeness (QED) is 0.883. The van der Waals surface area contributed by atoms with Gasteiger partial charge in [0, 0.05) is 51.4 Å². The van der Waals surface area contributed by atoms with Gasteiger partial charge in [0.15, 0.2) is 5.69 Å². The Hall–Kier alpha value is -2.35. The molecule has 0 spiro atoms. The fourth-order valence-corrected chi connectivity index (χ4v) is 3.74. The maximum atomic E-state index is 13.0. The van der Waals surface area contributed by atoms with Gasteiger partial charge in [0.1, 0.15) is 0 Å². The molecule has 2 atom stereocenters. The molecule has 0 aromatic carbocycles. The van der Waals surface area contributed by atoms with Crippen LogP contribution in [0.2, 0.25) is 0 Å². The largest absolute Gasteiger partial charge is 0.369 e. The lowest BCUT2D eigenvalue weighted by molar-refractivity contribution is -0.00702. The summed E-state index contributed by atoms with van der Waals surface area (Å²) in [6, 6.07) is 0. The number of H-pyrrole nitrogens is 1. The first-order valence-corrected chi connectivity index (χ1v) is 8.78. The topological polar surface area (TPSA) is 79.3 Å². The molecule has 0 radical (unpaired) electrons. The second kappa shape index (κ2) is 6.18. The summed E-state index contributed by atoms with van der Waals surface area (Å²) >= 11 is 0. The summed E-state index contributed by atoms with van der Waals surface area (Å²) in [7, 11) is 1.91. The van der Waals surface area contributed by atoms with E-state index in [2.05, 4.69) is 20.2 Å². The highest BCUT2D eigenvalue weighted by molar-refractivity contribution is 5.94. The van der Waals surface area contributed by atoms with Crippen molar-refractivity contribution < 1.29 is 9.53 Å². The van der Waals surface area contributed by atoms with Gasteiger partial charge in [-0.15, -0.1) is 0 Å². The molecule has 1 saturated heterocycles. The van der Waals surface area contributed by atoms with Crippen LogP contribution in [0.5, 0.6) is 0 Å². The molecule has 8 nitrogen and oxygen atoms in total. The Morgan fingerprint density at radius 1 is 1.28 bits per heavy atom. The Balaban J connectivity index is 1.46. The minimum atomic E-state index is -0.0461. The lowest BCUT2D eigenvalue weighted by atomic mass is 9.99. The molecule has 1 amide bonds. The Bertz CT molecular complexity index is 774. The second-order valence-corrected chi connectivity index (χ2v) is 6.91. The van der Waals surface area contributed by atoms with Crippen LogP contribution in [0, 0.1) is 0 Å². The average molecular weight is 344 g/mol. The SMILES string of the molecule is C[C@@H]1Cc2c(C(=O)N3CCN(c4cnn(C)c4)CC3)n[nH]c2[C@H](C)O1. The molecular formula is C17H24N6O2. The summed E-state index contributed by atoms with van der Waals surface area (Å²) in [6.07, 6.45) is 4.66. The van der Waals surface area contributed by atoms with E-state index in [0.717, 1.165) is 36.5 Å². The zero-order chi connectivity index (χ0) is 17.6. The molecule has 0 unspecified atom stereocenters. The van der Waals surface area contributed by atoms with Crippen LogP contribution < -0.4 is 4.90 Å². The lowest BCUT2D eigenvalue weighted by Gasteiger charge is -2.35. The van der Waals surface area contributed by atoms with Gasteiger partial charge in [-0.25, -0.2) is 0 Å². The summed E-state index contributed by atoms with van der Waals surface area (Å²) in [5.74, 6) is 0.0182. The lowest BCUT2D eigenvalue weighted by Crippen LogP contribution is -2.49. The molecule has 1 N–H and O–H groups in total. The van der Waals surface area contributed by atoms with Gasteiger partial charge in [0.2, 0.25) is 0 Å². The number of hydrogen-bond donors (Lipinski definition) is 1. The molecule has 0 saturated carbocycles. The zero-order valence-electron chi connectivity index (χ0n) is 14.9. The maximum Gasteiger partial charge on any atom is 0.274 e. The van der Waals surface area contributed by atoms with Crippen LogP contribution in [0.4, 0.5) is 5.69 Å². The van der Waals surface area contributed by atoms with Gasteiger partial charge in [-0.3, -0.25) is 14.6 Å². The number of carbonyl (C=O) groups excluding carboxylic acids is 1. The van der Waals surface area contributed by atoms with Crippen molar-refractivity contribution in [2.75, 3.05) is 31.1 Å². The number of anilines is 1. The average Bonchev–Trinajstić information content (AvgIpc) is 3.21. The molecule has 0 aliphatic carbocycles. The third-order valence-electron chi connectivity index (χ3n) is 5.06. The fraction of sp³-hybridized carbons (Fsp3) is 0.588. The van der Waals surface area contributed by atoms with Gasteiger partial charge in [0.05, 0.1) is 29.8 Å². The van der Waals surface area contributed by atoms with Crippen molar-refractivity contribution >= 4 is 11.6 Å². The first-order chi connectivity index (χ1) is 12.0. The number of aromatic amines is 1. The monoisotopic (exact) mass is 344 g/mol. The Morgan fingerprint density at radius 2 is 2.04 bits per heavy atom. The molecule has 2 aliphatic heterocycles. The number of amides is 1. The highest BCUT2D eigenvalue weighted by Crippen LogP contribution is 2.30. The van der Waals surface area contributed by atoms with E-state index < -0.39 is 0 Å². The smallest absolute Gasteiger partial charge is 0.274 e. The van der Waals surface area contributed by atoms with Crippen molar-refractivity contribution in [3.05, 3.63) is 29.3 Å². The highest BCUT2D eigenvalue weighted by atomic mass is 16.5. The number of rotatable bonds is 2. The van der Waals surface area contributed by atoms with Crippen LogP contribution >= 0.6 is 0 Å².